The summed E-state index contributed by atoms with van der Waals surface area (Å²) in [5, 5.41) is 11.8. The maximum absolute atomic E-state index is 4.22. The van der Waals surface area contributed by atoms with E-state index in [-0.39, 0.29) is 0 Å². The molecule has 21 heavy (non-hydrogen) atoms. The topological polar surface area (TPSA) is 46.0 Å². The molecule has 1 aliphatic rings. The largest absolute Gasteiger partial charge is 0.384 e. The van der Waals surface area contributed by atoms with Crippen LogP contribution in [-0.2, 0) is 7.05 Å². The van der Waals surface area contributed by atoms with Gasteiger partial charge in [0, 0.05) is 31.4 Å². The summed E-state index contributed by atoms with van der Waals surface area (Å²) in [5.41, 5.74) is 2.25. The minimum Gasteiger partial charge on any atom is -0.384 e. The van der Waals surface area contributed by atoms with Crippen LogP contribution in [0, 0.1) is 5.92 Å². The molecule has 0 amide bonds. The van der Waals surface area contributed by atoms with Crippen molar-refractivity contribution in [3.63, 3.8) is 0 Å². The van der Waals surface area contributed by atoms with Gasteiger partial charge in [-0.05, 0) is 44.5 Å². The van der Waals surface area contributed by atoms with Gasteiger partial charge in [-0.2, -0.15) is 0 Å². The van der Waals surface area contributed by atoms with Gasteiger partial charge in [0.25, 0.3) is 0 Å². The zero-order valence-corrected chi connectivity index (χ0v) is 12.8. The molecule has 1 aliphatic heterocycles. The van der Waals surface area contributed by atoms with E-state index in [1.54, 1.807) is 6.33 Å². The standard InChI is InChI=1S/C16H23N5/c1-20-9-5-6-13(11-20)10-17-15-8-4-3-7-14(15)16-19-18-12-21(16)2/h3-4,7-8,12-13,17H,5-6,9-11H2,1-2H3. The molecule has 0 saturated carbocycles. The number of benzene rings is 1. The van der Waals surface area contributed by atoms with Gasteiger partial charge in [-0.15, -0.1) is 10.2 Å². The van der Waals surface area contributed by atoms with Crippen LogP contribution < -0.4 is 5.32 Å². The third kappa shape index (κ3) is 3.24. The predicted octanol–water partition coefficient (Wildman–Crippen LogP) is 2.24. The van der Waals surface area contributed by atoms with Crippen molar-refractivity contribution in [3.8, 4) is 11.4 Å². The van der Waals surface area contributed by atoms with Crippen molar-refractivity contribution < 1.29 is 0 Å². The first kappa shape index (κ1) is 14.1. The Labute approximate surface area is 126 Å². The molecule has 0 radical (unpaired) electrons. The number of anilines is 1. The van der Waals surface area contributed by atoms with E-state index in [2.05, 4.69) is 45.7 Å². The monoisotopic (exact) mass is 285 g/mol. The highest BCUT2D eigenvalue weighted by molar-refractivity contribution is 5.73. The van der Waals surface area contributed by atoms with Crippen molar-refractivity contribution >= 4 is 5.69 Å². The van der Waals surface area contributed by atoms with Crippen LogP contribution >= 0.6 is 0 Å². The van der Waals surface area contributed by atoms with Crippen molar-refractivity contribution in [1.82, 2.24) is 19.7 Å². The Balaban J connectivity index is 1.72. The fraction of sp³-hybridized carbons (Fsp3) is 0.500. The van der Waals surface area contributed by atoms with E-state index in [9.17, 15) is 0 Å². The zero-order valence-electron chi connectivity index (χ0n) is 12.8. The van der Waals surface area contributed by atoms with Gasteiger partial charge >= 0.3 is 0 Å². The Morgan fingerprint density at radius 1 is 1.29 bits per heavy atom. The summed E-state index contributed by atoms with van der Waals surface area (Å²) in [4.78, 5) is 2.42. The SMILES string of the molecule is CN1CCCC(CNc2ccccc2-c2nncn2C)C1. The molecule has 3 rings (SSSR count). The lowest BCUT2D eigenvalue weighted by atomic mass is 9.98. The van der Waals surface area contributed by atoms with Crippen molar-refractivity contribution in [2.24, 2.45) is 13.0 Å². The molecule has 1 aromatic carbocycles. The molecule has 1 fully saturated rings. The maximum Gasteiger partial charge on any atom is 0.165 e. The van der Waals surface area contributed by atoms with Gasteiger partial charge in [-0.1, -0.05) is 12.1 Å². The molecule has 2 aromatic rings. The number of hydrogen-bond donors (Lipinski definition) is 1. The van der Waals surface area contributed by atoms with Crippen LogP contribution in [-0.4, -0.2) is 46.3 Å². The number of rotatable bonds is 4. The average molecular weight is 285 g/mol. The van der Waals surface area contributed by atoms with Crippen LogP contribution in [0.1, 0.15) is 12.8 Å². The van der Waals surface area contributed by atoms with E-state index in [0.717, 1.165) is 29.5 Å². The highest BCUT2D eigenvalue weighted by Crippen LogP contribution is 2.26. The van der Waals surface area contributed by atoms with Crippen molar-refractivity contribution in [3.05, 3.63) is 30.6 Å². The Kier molecular flexibility index (Phi) is 4.20. The molecule has 0 bridgehead atoms. The first-order valence-electron chi connectivity index (χ1n) is 7.60. The first-order valence-corrected chi connectivity index (χ1v) is 7.60. The molecule has 1 N–H and O–H groups in total. The molecule has 2 heterocycles. The third-order valence-corrected chi connectivity index (χ3v) is 4.18. The Morgan fingerprint density at radius 3 is 2.90 bits per heavy atom. The summed E-state index contributed by atoms with van der Waals surface area (Å²) in [6.07, 6.45) is 4.35. The van der Waals surface area contributed by atoms with E-state index >= 15 is 0 Å². The first-order chi connectivity index (χ1) is 10.2. The Hall–Kier alpha value is -1.88. The minimum atomic E-state index is 0.719. The number of nitrogens with one attached hydrogen (secondary N) is 1. The van der Waals surface area contributed by atoms with Crippen LogP contribution in [0.25, 0.3) is 11.4 Å². The lowest BCUT2D eigenvalue weighted by Gasteiger charge is -2.30. The second kappa shape index (κ2) is 6.26. The van der Waals surface area contributed by atoms with Gasteiger partial charge in [-0.3, -0.25) is 0 Å². The number of aryl methyl sites for hydroxylation is 1. The third-order valence-electron chi connectivity index (χ3n) is 4.18. The summed E-state index contributed by atoms with van der Waals surface area (Å²) in [5.74, 6) is 1.62. The molecule has 1 aromatic heterocycles. The molecule has 5 nitrogen and oxygen atoms in total. The molecule has 112 valence electrons. The van der Waals surface area contributed by atoms with Crippen molar-refractivity contribution in [2.45, 2.75) is 12.8 Å². The number of para-hydroxylation sites is 1. The molecule has 0 spiro atoms. The lowest BCUT2D eigenvalue weighted by Crippen LogP contribution is -2.35. The molecule has 1 unspecified atom stereocenters. The van der Waals surface area contributed by atoms with Crippen molar-refractivity contribution in [1.29, 1.82) is 0 Å². The second-order valence-corrected chi connectivity index (χ2v) is 5.96. The molecule has 1 saturated heterocycles. The number of aromatic nitrogens is 3. The molecular weight excluding hydrogens is 262 g/mol. The molecular formula is C16H23N5. The second-order valence-electron chi connectivity index (χ2n) is 5.96. The van der Waals surface area contributed by atoms with Crippen LogP contribution in [0.3, 0.4) is 0 Å². The van der Waals surface area contributed by atoms with E-state index < -0.39 is 0 Å². The summed E-state index contributed by atoms with van der Waals surface area (Å²) >= 11 is 0. The van der Waals surface area contributed by atoms with Gasteiger partial charge < -0.3 is 14.8 Å². The fourth-order valence-corrected chi connectivity index (χ4v) is 3.05. The van der Waals surface area contributed by atoms with Crippen LogP contribution in [0.4, 0.5) is 5.69 Å². The van der Waals surface area contributed by atoms with Crippen LogP contribution in [0.5, 0.6) is 0 Å². The van der Waals surface area contributed by atoms with E-state index in [4.69, 9.17) is 0 Å². The summed E-state index contributed by atoms with van der Waals surface area (Å²) in [7, 11) is 4.18. The van der Waals surface area contributed by atoms with Gasteiger partial charge in [0.15, 0.2) is 5.82 Å². The summed E-state index contributed by atoms with van der Waals surface area (Å²) in [6.45, 7) is 3.42. The number of hydrogen-bond acceptors (Lipinski definition) is 4. The van der Waals surface area contributed by atoms with Crippen LogP contribution in [0.2, 0.25) is 0 Å². The van der Waals surface area contributed by atoms with E-state index in [0.29, 0.717) is 0 Å². The fourth-order valence-electron chi connectivity index (χ4n) is 3.05. The van der Waals surface area contributed by atoms with Crippen molar-refractivity contribution in [2.75, 3.05) is 32.0 Å². The number of nitrogens with zero attached hydrogens (tertiary/aromatic N) is 4. The highest BCUT2D eigenvalue weighted by Gasteiger charge is 2.17. The number of likely N-dealkylation sites (tertiary alicyclic amines) is 1. The van der Waals surface area contributed by atoms with Gasteiger partial charge in [0.1, 0.15) is 6.33 Å². The molecule has 1 atom stereocenters. The maximum atomic E-state index is 4.22. The Bertz CT molecular complexity index is 592. The smallest absolute Gasteiger partial charge is 0.165 e. The van der Waals surface area contributed by atoms with Crippen LogP contribution in [0.15, 0.2) is 30.6 Å². The number of piperidine rings is 1. The Morgan fingerprint density at radius 2 is 2.14 bits per heavy atom. The normalized spacial score (nSPS) is 19.6. The van der Waals surface area contributed by atoms with Gasteiger partial charge in [0.05, 0.1) is 0 Å². The quantitative estimate of drug-likeness (QED) is 0.936. The minimum absolute atomic E-state index is 0.719. The summed E-state index contributed by atoms with van der Waals surface area (Å²) < 4.78 is 1.95. The molecule has 5 heteroatoms. The summed E-state index contributed by atoms with van der Waals surface area (Å²) in [6, 6.07) is 8.33. The lowest BCUT2D eigenvalue weighted by molar-refractivity contribution is 0.217. The van der Waals surface area contributed by atoms with Gasteiger partial charge in [0.2, 0.25) is 0 Å². The zero-order chi connectivity index (χ0) is 14.7. The highest BCUT2D eigenvalue weighted by atomic mass is 15.2. The molecule has 0 aliphatic carbocycles. The average Bonchev–Trinajstić information content (AvgIpc) is 2.91. The predicted molar refractivity (Wildman–Crippen MR) is 85.1 cm³/mol. The van der Waals surface area contributed by atoms with Gasteiger partial charge in [-0.25, -0.2) is 0 Å². The van der Waals surface area contributed by atoms with E-state index in [1.165, 1.54) is 25.9 Å². The van der Waals surface area contributed by atoms with E-state index in [1.807, 2.05) is 17.7 Å².